The van der Waals surface area contributed by atoms with Crippen LogP contribution in [0.1, 0.15) is 30.2 Å². The van der Waals surface area contributed by atoms with Gasteiger partial charge in [0.05, 0.1) is 0 Å². The van der Waals surface area contributed by atoms with Crippen LogP contribution in [0.25, 0.3) is 0 Å². The van der Waals surface area contributed by atoms with E-state index in [4.69, 9.17) is 5.84 Å². The van der Waals surface area contributed by atoms with E-state index in [1.54, 1.807) is 0 Å². The van der Waals surface area contributed by atoms with Crippen molar-refractivity contribution in [3.05, 3.63) is 33.2 Å². The number of nitrogen functional groups attached to an aromatic ring is 1. The molecule has 3 heteroatoms. The Morgan fingerprint density at radius 1 is 1.46 bits per heavy atom. The van der Waals surface area contributed by atoms with Crippen molar-refractivity contribution in [2.75, 3.05) is 5.84 Å². The van der Waals surface area contributed by atoms with E-state index in [1.807, 2.05) is 19.9 Å². The van der Waals surface area contributed by atoms with Crippen LogP contribution < -0.4 is 11.4 Å². The van der Waals surface area contributed by atoms with Crippen molar-refractivity contribution < 1.29 is 0 Å². The van der Waals surface area contributed by atoms with Gasteiger partial charge in [0.15, 0.2) is 0 Å². The molecule has 2 N–H and O–H groups in total. The van der Waals surface area contributed by atoms with Gasteiger partial charge in [-0.25, -0.2) is 4.68 Å². The minimum absolute atomic E-state index is 0.0801. The lowest BCUT2D eigenvalue weighted by atomic mass is 10.1. The molecule has 1 aromatic rings. The quantitative estimate of drug-likeness (QED) is 0.693. The maximum Gasteiger partial charge on any atom is 0.272 e. The van der Waals surface area contributed by atoms with Crippen LogP contribution in [0.2, 0.25) is 0 Å². The van der Waals surface area contributed by atoms with Gasteiger partial charge in [-0.15, -0.1) is 0 Å². The first-order valence-corrected chi connectivity index (χ1v) is 4.55. The fourth-order valence-corrected chi connectivity index (χ4v) is 1.44. The van der Waals surface area contributed by atoms with Gasteiger partial charge in [0.1, 0.15) is 0 Å². The van der Waals surface area contributed by atoms with Crippen molar-refractivity contribution in [3.63, 3.8) is 0 Å². The minimum Gasteiger partial charge on any atom is -0.336 e. The third kappa shape index (κ3) is 1.74. The number of rotatable bonds is 2. The molecule has 1 heterocycles. The van der Waals surface area contributed by atoms with Crippen LogP contribution in [0, 0.1) is 13.8 Å². The van der Waals surface area contributed by atoms with Crippen molar-refractivity contribution in [2.24, 2.45) is 0 Å². The Hall–Kier alpha value is -1.25. The topological polar surface area (TPSA) is 48.0 Å². The summed E-state index contributed by atoms with van der Waals surface area (Å²) in [5.74, 6) is 5.55. The summed E-state index contributed by atoms with van der Waals surface area (Å²) in [6, 6.07) is 1.99. The number of pyridine rings is 1. The van der Waals surface area contributed by atoms with Crippen molar-refractivity contribution in [1.29, 1.82) is 0 Å². The Labute approximate surface area is 78.2 Å². The minimum atomic E-state index is -0.0801. The van der Waals surface area contributed by atoms with Crippen LogP contribution in [-0.4, -0.2) is 4.68 Å². The van der Waals surface area contributed by atoms with Crippen LogP contribution in [0.3, 0.4) is 0 Å². The Morgan fingerprint density at radius 2 is 2.08 bits per heavy atom. The van der Waals surface area contributed by atoms with Gasteiger partial charge in [-0.2, -0.15) is 0 Å². The summed E-state index contributed by atoms with van der Waals surface area (Å²) in [5.41, 5.74) is 2.63. The molecule has 1 aromatic heterocycles. The number of nitrogens with two attached hydrogens (primary N) is 1. The smallest absolute Gasteiger partial charge is 0.272 e. The highest BCUT2D eigenvalue weighted by Gasteiger charge is 2.05. The van der Waals surface area contributed by atoms with Crippen molar-refractivity contribution in [1.82, 2.24) is 4.68 Å². The summed E-state index contributed by atoms with van der Waals surface area (Å²) < 4.78 is 1.20. The second-order valence-electron chi connectivity index (χ2n) is 3.36. The molecular weight excluding hydrogens is 164 g/mol. The molecule has 0 aliphatic carbocycles. The molecule has 0 fully saturated rings. The normalized spacial score (nSPS) is 10.4. The summed E-state index contributed by atoms with van der Waals surface area (Å²) in [6.45, 7) is 5.78. The van der Waals surface area contributed by atoms with E-state index in [1.165, 1.54) is 4.68 Å². The molecule has 0 aliphatic heterocycles. The van der Waals surface area contributed by atoms with Crippen molar-refractivity contribution >= 4 is 0 Å². The summed E-state index contributed by atoms with van der Waals surface area (Å²) in [5, 5.41) is 0. The number of hydrogen-bond donors (Lipinski definition) is 1. The molecule has 1 rings (SSSR count). The van der Waals surface area contributed by atoms with Gasteiger partial charge in [0.25, 0.3) is 5.56 Å². The van der Waals surface area contributed by atoms with Gasteiger partial charge in [-0.05, 0) is 31.9 Å². The van der Waals surface area contributed by atoms with E-state index < -0.39 is 0 Å². The Balaban J connectivity index is 3.32. The predicted octanol–water partition coefficient (Wildman–Crippen LogP) is 1.13. The van der Waals surface area contributed by atoms with Crippen LogP contribution in [0.4, 0.5) is 0 Å². The number of nitrogens with zero attached hydrogens (tertiary/aromatic N) is 1. The molecule has 0 bridgehead atoms. The average molecular weight is 180 g/mol. The molecule has 0 aliphatic rings. The van der Waals surface area contributed by atoms with Gasteiger partial charge < -0.3 is 5.84 Å². The molecule has 0 aromatic carbocycles. The standard InChI is InChI=1S/C10H16N2O/c1-4-5-9-6-7(2)12(11)10(13)8(9)3/h6H,4-5,11H2,1-3H3. The first kappa shape index (κ1) is 9.84. The summed E-state index contributed by atoms with van der Waals surface area (Å²) in [4.78, 5) is 11.5. The lowest BCUT2D eigenvalue weighted by Crippen LogP contribution is -2.31. The lowest BCUT2D eigenvalue weighted by molar-refractivity contribution is 0.833. The predicted molar refractivity (Wildman–Crippen MR) is 54.3 cm³/mol. The molecular formula is C10H16N2O. The van der Waals surface area contributed by atoms with E-state index in [9.17, 15) is 4.79 Å². The van der Waals surface area contributed by atoms with Gasteiger partial charge in [-0.1, -0.05) is 13.3 Å². The highest BCUT2D eigenvalue weighted by molar-refractivity contribution is 5.26. The molecule has 0 saturated heterocycles. The summed E-state index contributed by atoms with van der Waals surface area (Å²) >= 11 is 0. The molecule has 0 atom stereocenters. The molecule has 13 heavy (non-hydrogen) atoms. The van der Waals surface area contributed by atoms with Crippen LogP contribution in [0.15, 0.2) is 10.9 Å². The molecule has 0 amide bonds. The van der Waals surface area contributed by atoms with E-state index >= 15 is 0 Å². The van der Waals surface area contributed by atoms with Gasteiger partial charge in [-0.3, -0.25) is 4.79 Å². The largest absolute Gasteiger partial charge is 0.336 e. The van der Waals surface area contributed by atoms with E-state index in [0.717, 1.165) is 29.7 Å². The Morgan fingerprint density at radius 3 is 2.62 bits per heavy atom. The first-order chi connectivity index (χ1) is 6.07. The Bertz CT molecular complexity index is 366. The third-order valence-corrected chi connectivity index (χ3v) is 2.30. The fraction of sp³-hybridized carbons (Fsp3) is 0.500. The highest BCUT2D eigenvalue weighted by atomic mass is 16.1. The summed E-state index contributed by atoms with van der Waals surface area (Å²) in [6.07, 6.45) is 2.00. The highest BCUT2D eigenvalue weighted by Crippen LogP contribution is 2.07. The lowest BCUT2D eigenvalue weighted by Gasteiger charge is -2.09. The molecule has 3 nitrogen and oxygen atoms in total. The van der Waals surface area contributed by atoms with Gasteiger partial charge in [0.2, 0.25) is 0 Å². The number of hydrogen-bond acceptors (Lipinski definition) is 2. The van der Waals surface area contributed by atoms with Crippen LogP contribution in [-0.2, 0) is 6.42 Å². The van der Waals surface area contributed by atoms with Crippen molar-refractivity contribution in [3.8, 4) is 0 Å². The third-order valence-electron chi connectivity index (χ3n) is 2.30. The van der Waals surface area contributed by atoms with E-state index in [2.05, 4.69) is 6.92 Å². The monoisotopic (exact) mass is 180 g/mol. The van der Waals surface area contributed by atoms with Gasteiger partial charge >= 0.3 is 0 Å². The summed E-state index contributed by atoms with van der Waals surface area (Å²) in [7, 11) is 0. The van der Waals surface area contributed by atoms with Crippen LogP contribution >= 0.6 is 0 Å². The second-order valence-corrected chi connectivity index (χ2v) is 3.36. The van der Waals surface area contributed by atoms with E-state index in [0.29, 0.717) is 0 Å². The number of aryl methyl sites for hydroxylation is 2. The zero-order chi connectivity index (χ0) is 10.0. The molecule has 0 unspecified atom stereocenters. The maximum atomic E-state index is 11.5. The van der Waals surface area contributed by atoms with Gasteiger partial charge in [0, 0.05) is 11.3 Å². The fourth-order valence-electron chi connectivity index (χ4n) is 1.44. The molecule has 72 valence electrons. The molecule has 0 spiro atoms. The maximum absolute atomic E-state index is 11.5. The SMILES string of the molecule is CCCc1cc(C)n(N)c(=O)c1C. The molecule has 0 radical (unpaired) electrons. The average Bonchev–Trinajstić information content (AvgIpc) is 2.11. The number of aromatic nitrogens is 1. The second kappa shape index (κ2) is 3.64. The first-order valence-electron chi connectivity index (χ1n) is 4.55. The zero-order valence-electron chi connectivity index (χ0n) is 8.42. The molecule has 0 saturated carbocycles. The zero-order valence-corrected chi connectivity index (χ0v) is 8.42. The Kier molecular flexibility index (Phi) is 2.76. The van der Waals surface area contributed by atoms with Crippen LogP contribution in [0.5, 0.6) is 0 Å². The van der Waals surface area contributed by atoms with E-state index in [-0.39, 0.29) is 5.56 Å². The van der Waals surface area contributed by atoms with Crippen molar-refractivity contribution in [2.45, 2.75) is 33.6 Å².